The SMILES string of the molecule is CCNC(C)C1CCN(Cc2cnn(CC)c2)CC1. The van der Waals surface area contributed by atoms with E-state index in [2.05, 4.69) is 42.3 Å². The highest BCUT2D eigenvalue weighted by Crippen LogP contribution is 2.21. The summed E-state index contributed by atoms with van der Waals surface area (Å²) in [6.45, 7) is 12.2. The largest absolute Gasteiger partial charge is 0.314 e. The van der Waals surface area contributed by atoms with Gasteiger partial charge in [0.25, 0.3) is 0 Å². The highest BCUT2D eigenvalue weighted by atomic mass is 15.3. The van der Waals surface area contributed by atoms with Gasteiger partial charge in [-0.25, -0.2) is 0 Å². The van der Waals surface area contributed by atoms with Crippen LogP contribution < -0.4 is 5.32 Å². The molecule has 1 aliphatic heterocycles. The van der Waals surface area contributed by atoms with E-state index in [1.807, 2.05) is 10.9 Å². The standard InChI is InChI=1S/C15H28N4/c1-4-16-13(3)15-6-8-18(9-7-15)11-14-10-17-19(5-2)12-14/h10,12-13,15-16H,4-9,11H2,1-3H3. The summed E-state index contributed by atoms with van der Waals surface area (Å²) >= 11 is 0. The summed E-state index contributed by atoms with van der Waals surface area (Å²) < 4.78 is 2.01. The van der Waals surface area contributed by atoms with Crippen LogP contribution >= 0.6 is 0 Å². The summed E-state index contributed by atoms with van der Waals surface area (Å²) in [4.78, 5) is 2.56. The van der Waals surface area contributed by atoms with Crippen LogP contribution in [-0.4, -0.2) is 40.4 Å². The molecule has 2 rings (SSSR count). The number of aromatic nitrogens is 2. The Kier molecular flexibility index (Phi) is 5.40. The minimum atomic E-state index is 0.662. The molecule has 1 fully saturated rings. The third-order valence-corrected chi connectivity index (χ3v) is 4.28. The Hall–Kier alpha value is -0.870. The molecule has 1 aromatic heterocycles. The smallest absolute Gasteiger partial charge is 0.0534 e. The lowest BCUT2D eigenvalue weighted by Crippen LogP contribution is -2.41. The van der Waals surface area contributed by atoms with Gasteiger partial charge >= 0.3 is 0 Å². The lowest BCUT2D eigenvalue weighted by atomic mass is 9.90. The first-order chi connectivity index (χ1) is 9.22. The number of nitrogens with one attached hydrogen (secondary N) is 1. The van der Waals surface area contributed by atoms with Crippen molar-refractivity contribution in [2.75, 3.05) is 19.6 Å². The minimum absolute atomic E-state index is 0.662. The fraction of sp³-hybridized carbons (Fsp3) is 0.800. The number of hydrogen-bond acceptors (Lipinski definition) is 3. The number of rotatable bonds is 6. The van der Waals surface area contributed by atoms with Gasteiger partial charge in [-0.1, -0.05) is 6.92 Å². The van der Waals surface area contributed by atoms with Gasteiger partial charge in [0.15, 0.2) is 0 Å². The predicted octanol–water partition coefficient (Wildman–Crippen LogP) is 2.11. The first-order valence-corrected chi connectivity index (χ1v) is 7.70. The van der Waals surface area contributed by atoms with Crippen LogP contribution in [0, 0.1) is 5.92 Å². The molecule has 0 amide bonds. The summed E-state index contributed by atoms with van der Waals surface area (Å²) in [6.07, 6.45) is 6.82. The zero-order valence-electron chi connectivity index (χ0n) is 12.6. The van der Waals surface area contributed by atoms with Gasteiger partial charge in [0.05, 0.1) is 6.20 Å². The highest BCUT2D eigenvalue weighted by molar-refractivity contribution is 5.03. The Balaban J connectivity index is 1.77. The van der Waals surface area contributed by atoms with Crippen molar-refractivity contribution < 1.29 is 0 Å². The topological polar surface area (TPSA) is 33.1 Å². The monoisotopic (exact) mass is 264 g/mol. The van der Waals surface area contributed by atoms with Crippen LogP contribution in [0.2, 0.25) is 0 Å². The van der Waals surface area contributed by atoms with Crippen molar-refractivity contribution in [1.29, 1.82) is 0 Å². The molecule has 1 aromatic rings. The van der Waals surface area contributed by atoms with E-state index in [0.29, 0.717) is 6.04 Å². The van der Waals surface area contributed by atoms with Crippen LogP contribution in [0.15, 0.2) is 12.4 Å². The van der Waals surface area contributed by atoms with Crippen molar-refractivity contribution in [3.63, 3.8) is 0 Å². The normalized spacial score (nSPS) is 19.7. The van der Waals surface area contributed by atoms with Crippen molar-refractivity contribution in [2.24, 2.45) is 5.92 Å². The van der Waals surface area contributed by atoms with Crippen molar-refractivity contribution in [3.8, 4) is 0 Å². The number of aryl methyl sites for hydroxylation is 1. The molecule has 4 nitrogen and oxygen atoms in total. The van der Waals surface area contributed by atoms with E-state index in [4.69, 9.17) is 0 Å². The molecule has 0 aliphatic carbocycles. The van der Waals surface area contributed by atoms with Crippen LogP contribution in [0.3, 0.4) is 0 Å². The molecule has 108 valence electrons. The fourth-order valence-corrected chi connectivity index (χ4v) is 3.02. The second-order valence-corrected chi connectivity index (χ2v) is 5.66. The maximum absolute atomic E-state index is 4.35. The molecule has 1 atom stereocenters. The van der Waals surface area contributed by atoms with Crippen molar-refractivity contribution in [2.45, 2.75) is 52.7 Å². The Morgan fingerprint density at radius 1 is 1.37 bits per heavy atom. The Morgan fingerprint density at radius 2 is 2.11 bits per heavy atom. The van der Waals surface area contributed by atoms with Crippen LogP contribution in [-0.2, 0) is 13.1 Å². The molecular weight excluding hydrogens is 236 g/mol. The summed E-state index contributed by atoms with van der Waals surface area (Å²) in [5, 5.41) is 7.91. The van der Waals surface area contributed by atoms with E-state index in [0.717, 1.165) is 25.6 Å². The van der Waals surface area contributed by atoms with E-state index in [1.54, 1.807) is 0 Å². The molecule has 0 spiro atoms. The Labute approximate surface area is 117 Å². The highest BCUT2D eigenvalue weighted by Gasteiger charge is 2.23. The van der Waals surface area contributed by atoms with Crippen molar-refractivity contribution in [1.82, 2.24) is 20.0 Å². The average molecular weight is 264 g/mol. The summed E-state index contributed by atoms with van der Waals surface area (Å²) in [7, 11) is 0. The van der Waals surface area contributed by atoms with E-state index in [-0.39, 0.29) is 0 Å². The molecule has 0 saturated carbocycles. The zero-order chi connectivity index (χ0) is 13.7. The van der Waals surface area contributed by atoms with Gasteiger partial charge in [-0.15, -0.1) is 0 Å². The number of likely N-dealkylation sites (tertiary alicyclic amines) is 1. The van der Waals surface area contributed by atoms with E-state index in [9.17, 15) is 0 Å². The average Bonchev–Trinajstić information content (AvgIpc) is 2.87. The number of hydrogen-bond donors (Lipinski definition) is 1. The molecule has 4 heteroatoms. The fourth-order valence-electron chi connectivity index (χ4n) is 3.02. The molecule has 1 N–H and O–H groups in total. The van der Waals surface area contributed by atoms with Gasteiger partial charge in [0.1, 0.15) is 0 Å². The molecular formula is C15H28N4. The van der Waals surface area contributed by atoms with E-state index in [1.165, 1.54) is 31.5 Å². The van der Waals surface area contributed by atoms with Gasteiger partial charge < -0.3 is 5.32 Å². The molecule has 0 bridgehead atoms. The van der Waals surface area contributed by atoms with Crippen molar-refractivity contribution in [3.05, 3.63) is 18.0 Å². The maximum Gasteiger partial charge on any atom is 0.0534 e. The number of nitrogens with zero attached hydrogens (tertiary/aromatic N) is 3. The Bertz CT molecular complexity index is 366. The van der Waals surface area contributed by atoms with Crippen molar-refractivity contribution >= 4 is 0 Å². The Morgan fingerprint density at radius 3 is 2.68 bits per heavy atom. The molecule has 0 radical (unpaired) electrons. The van der Waals surface area contributed by atoms with Crippen LogP contribution in [0.5, 0.6) is 0 Å². The molecule has 1 saturated heterocycles. The van der Waals surface area contributed by atoms with E-state index < -0.39 is 0 Å². The molecule has 1 aliphatic rings. The summed E-state index contributed by atoms with van der Waals surface area (Å²) in [5.74, 6) is 0.842. The first-order valence-electron chi connectivity index (χ1n) is 7.70. The van der Waals surface area contributed by atoms with E-state index >= 15 is 0 Å². The quantitative estimate of drug-likeness (QED) is 0.854. The lowest BCUT2D eigenvalue weighted by molar-refractivity contribution is 0.157. The second-order valence-electron chi connectivity index (χ2n) is 5.66. The molecule has 1 unspecified atom stereocenters. The molecule has 0 aromatic carbocycles. The summed E-state index contributed by atoms with van der Waals surface area (Å²) in [6, 6.07) is 0.662. The lowest BCUT2D eigenvalue weighted by Gasteiger charge is -2.34. The van der Waals surface area contributed by atoms with Gasteiger partial charge in [-0.2, -0.15) is 5.10 Å². The van der Waals surface area contributed by atoms with Gasteiger partial charge in [0, 0.05) is 30.9 Å². The van der Waals surface area contributed by atoms with Gasteiger partial charge in [-0.05, 0) is 52.2 Å². The summed E-state index contributed by atoms with van der Waals surface area (Å²) in [5.41, 5.74) is 1.35. The molecule has 2 heterocycles. The van der Waals surface area contributed by atoms with Crippen LogP contribution in [0.4, 0.5) is 0 Å². The second kappa shape index (κ2) is 7.06. The van der Waals surface area contributed by atoms with Gasteiger partial charge in [-0.3, -0.25) is 9.58 Å². The van der Waals surface area contributed by atoms with Crippen LogP contribution in [0.1, 0.15) is 39.2 Å². The molecule has 19 heavy (non-hydrogen) atoms. The first kappa shape index (κ1) is 14.5. The minimum Gasteiger partial charge on any atom is -0.314 e. The number of piperidine rings is 1. The predicted molar refractivity (Wildman–Crippen MR) is 79.0 cm³/mol. The zero-order valence-corrected chi connectivity index (χ0v) is 12.6. The third-order valence-electron chi connectivity index (χ3n) is 4.28. The maximum atomic E-state index is 4.35. The third kappa shape index (κ3) is 4.05. The van der Waals surface area contributed by atoms with Crippen LogP contribution in [0.25, 0.3) is 0 Å². The van der Waals surface area contributed by atoms with Gasteiger partial charge in [0.2, 0.25) is 0 Å².